The van der Waals surface area contributed by atoms with Gasteiger partial charge in [-0.1, -0.05) is 11.6 Å². The lowest BCUT2D eigenvalue weighted by atomic mass is 10.2. The Balaban J connectivity index is 2.15. The average Bonchev–Trinajstić information content (AvgIpc) is 2.66. The van der Waals surface area contributed by atoms with Crippen LogP contribution in [0.5, 0.6) is 0 Å². The van der Waals surface area contributed by atoms with Crippen molar-refractivity contribution in [2.45, 2.75) is 18.9 Å². The fourth-order valence-corrected chi connectivity index (χ4v) is 2.27. The molecule has 0 aromatic carbocycles. The zero-order valence-electron chi connectivity index (χ0n) is 8.82. The highest BCUT2D eigenvalue weighted by molar-refractivity contribution is 6.30. The molecule has 1 fully saturated rings. The number of hydrogen-bond acceptors (Lipinski definition) is 3. The van der Waals surface area contributed by atoms with Crippen LogP contribution in [0, 0.1) is 0 Å². The first-order valence-corrected chi connectivity index (χ1v) is 5.55. The summed E-state index contributed by atoms with van der Waals surface area (Å²) in [5, 5.41) is 0.690. The molecule has 3 nitrogen and oxygen atoms in total. The number of halogens is 1. The molecule has 1 aliphatic rings. The van der Waals surface area contributed by atoms with Gasteiger partial charge in [0.05, 0.1) is 29.6 Å². The van der Waals surface area contributed by atoms with Gasteiger partial charge in [0.1, 0.15) is 0 Å². The molecule has 1 aliphatic heterocycles. The van der Waals surface area contributed by atoms with Crippen LogP contribution in [0.15, 0.2) is 18.5 Å². The van der Waals surface area contributed by atoms with E-state index in [1.165, 1.54) is 12.8 Å². The first-order chi connectivity index (χ1) is 7.31. The molecule has 4 heteroatoms. The third-order valence-corrected chi connectivity index (χ3v) is 2.96. The van der Waals surface area contributed by atoms with E-state index in [2.05, 4.69) is 9.88 Å². The van der Waals surface area contributed by atoms with E-state index in [1.54, 1.807) is 13.3 Å². The van der Waals surface area contributed by atoms with Crippen molar-refractivity contribution in [3.05, 3.63) is 23.5 Å². The first kappa shape index (κ1) is 10.7. The first-order valence-electron chi connectivity index (χ1n) is 5.17. The Hall–Kier alpha value is -0.800. The Kier molecular flexibility index (Phi) is 3.44. The summed E-state index contributed by atoms with van der Waals surface area (Å²) in [5.41, 5.74) is 1.10. The maximum atomic E-state index is 5.93. The molecule has 1 saturated heterocycles. The summed E-state index contributed by atoms with van der Waals surface area (Å²) in [6, 6.07) is 2.43. The number of ether oxygens (including phenoxy) is 1. The highest BCUT2D eigenvalue weighted by Gasteiger charge is 2.24. The maximum absolute atomic E-state index is 5.93. The standard InChI is InChI=1S/C11H15ClN2O/c1-15-8-10-3-2-4-14(10)11-5-9(12)6-13-7-11/h5-7,10H,2-4,8H2,1H3. The third kappa shape index (κ3) is 2.41. The number of anilines is 1. The number of methoxy groups -OCH3 is 1. The molecule has 0 radical (unpaired) electrons. The van der Waals surface area contributed by atoms with Gasteiger partial charge < -0.3 is 9.64 Å². The molecule has 0 N–H and O–H groups in total. The molecule has 2 rings (SSSR count). The number of pyridine rings is 1. The summed E-state index contributed by atoms with van der Waals surface area (Å²) < 4.78 is 5.21. The third-order valence-electron chi connectivity index (χ3n) is 2.76. The Morgan fingerprint density at radius 1 is 1.60 bits per heavy atom. The van der Waals surface area contributed by atoms with E-state index in [0.29, 0.717) is 11.1 Å². The summed E-state index contributed by atoms with van der Waals surface area (Å²) >= 11 is 5.93. The summed E-state index contributed by atoms with van der Waals surface area (Å²) in [5.74, 6) is 0. The molecule has 0 amide bonds. The van der Waals surface area contributed by atoms with Crippen molar-refractivity contribution in [2.75, 3.05) is 25.2 Å². The van der Waals surface area contributed by atoms with Gasteiger partial charge in [-0.15, -0.1) is 0 Å². The molecule has 2 heterocycles. The number of aromatic nitrogens is 1. The zero-order valence-corrected chi connectivity index (χ0v) is 9.57. The predicted molar refractivity (Wildman–Crippen MR) is 61.5 cm³/mol. The van der Waals surface area contributed by atoms with Crippen LogP contribution < -0.4 is 4.90 Å². The Morgan fingerprint density at radius 3 is 3.20 bits per heavy atom. The molecule has 1 atom stereocenters. The van der Waals surface area contributed by atoms with Gasteiger partial charge in [-0.2, -0.15) is 0 Å². The second-order valence-electron chi connectivity index (χ2n) is 3.81. The van der Waals surface area contributed by atoms with Crippen molar-refractivity contribution in [1.82, 2.24) is 4.98 Å². The summed E-state index contributed by atoms with van der Waals surface area (Å²) in [6.45, 7) is 1.84. The quantitative estimate of drug-likeness (QED) is 0.791. The van der Waals surface area contributed by atoms with Crippen LogP contribution >= 0.6 is 11.6 Å². The fourth-order valence-electron chi connectivity index (χ4n) is 2.10. The molecule has 1 unspecified atom stereocenters. The summed E-state index contributed by atoms with van der Waals surface area (Å²) in [6.07, 6.45) is 5.91. The largest absolute Gasteiger partial charge is 0.383 e. The van der Waals surface area contributed by atoms with Gasteiger partial charge in [0.25, 0.3) is 0 Å². The van der Waals surface area contributed by atoms with Crippen molar-refractivity contribution < 1.29 is 4.74 Å². The van der Waals surface area contributed by atoms with Crippen molar-refractivity contribution >= 4 is 17.3 Å². The predicted octanol–water partition coefficient (Wildman–Crippen LogP) is 2.35. The number of hydrogen-bond donors (Lipinski definition) is 0. The Morgan fingerprint density at radius 2 is 2.47 bits per heavy atom. The number of rotatable bonds is 3. The van der Waals surface area contributed by atoms with Crippen LogP contribution in [-0.2, 0) is 4.74 Å². The van der Waals surface area contributed by atoms with Gasteiger partial charge in [0.2, 0.25) is 0 Å². The zero-order chi connectivity index (χ0) is 10.7. The molecule has 0 spiro atoms. The van der Waals surface area contributed by atoms with E-state index in [-0.39, 0.29) is 0 Å². The fraction of sp³-hybridized carbons (Fsp3) is 0.545. The summed E-state index contributed by atoms with van der Waals surface area (Å²) in [7, 11) is 1.74. The molecular weight excluding hydrogens is 212 g/mol. The lowest BCUT2D eigenvalue weighted by Crippen LogP contribution is -2.32. The second kappa shape index (κ2) is 4.81. The van der Waals surface area contributed by atoms with Crippen molar-refractivity contribution in [1.29, 1.82) is 0 Å². The van der Waals surface area contributed by atoms with Gasteiger partial charge >= 0.3 is 0 Å². The van der Waals surface area contributed by atoms with Crippen molar-refractivity contribution in [2.24, 2.45) is 0 Å². The van der Waals surface area contributed by atoms with Crippen LogP contribution in [0.25, 0.3) is 0 Å². The SMILES string of the molecule is COCC1CCCN1c1cncc(Cl)c1. The van der Waals surface area contributed by atoms with Crippen LogP contribution in [0.4, 0.5) is 5.69 Å². The van der Waals surface area contributed by atoms with E-state index in [1.807, 2.05) is 12.3 Å². The molecule has 0 saturated carbocycles. The molecule has 0 bridgehead atoms. The van der Waals surface area contributed by atoms with E-state index >= 15 is 0 Å². The lowest BCUT2D eigenvalue weighted by molar-refractivity contribution is 0.181. The van der Waals surface area contributed by atoms with Gasteiger partial charge in [-0.05, 0) is 18.9 Å². The Labute approximate surface area is 95.0 Å². The normalized spacial score (nSPS) is 20.9. The van der Waals surface area contributed by atoms with Crippen LogP contribution in [0.3, 0.4) is 0 Å². The van der Waals surface area contributed by atoms with E-state index < -0.39 is 0 Å². The molecule has 1 aromatic heterocycles. The number of nitrogens with zero attached hydrogens (tertiary/aromatic N) is 2. The van der Waals surface area contributed by atoms with Gasteiger partial charge in [0.15, 0.2) is 0 Å². The van der Waals surface area contributed by atoms with Crippen LogP contribution in [0.2, 0.25) is 5.02 Å². The van der Waals surface area contributed by atoms with Crippen LogP contribution in [-0.4, -0.2) is 31.3 Å². The Bertz CT molecular complexity index is 332. The van der Waals surface area contributed by atoms with Crippen molar-refractivity contribution in [3.8, 4) is 0 Å². The minimum atomic E-state index is 0.468. The van der Waals surface area contributed by atoms with E-state index in [0.717, 1.165) is 18.8 Å². The van der Waals surface area contributed by atoms with Gasteiger partial charge in [0, 0.05) is 19.9 Å². The molecular formula is C11H15ClN2O. The minimum absolute atomic E-state index is 0.468. The van der Waals surface area contributed by atoms with E-state index in [9.17, 15) is 0 Å². The highest BCUT2D eigenvalue weighted by atomic mass is 35.5. The molecule has 15 heavy (non-hydrogen) atoms. The summed E-state index contributed by atoms with van der Waals surface area (Å²) in [4.78, 5) is 6.43. The highest BCUT2D eigenvalue weighted by Crippen LogP contribution is 2.26. The van der Waals surface area contributed by atoms with Crippen molar-refractivity contribution in [3.63, 3.8) is 0 Å². The molecule has 82 valence electrons. The van der Waals surface area contributed by atoms with E-state index in [4.69, 9.17) is 16.3 Å². The minimum Gasteiger partial charge on any atom is -0.383 e. The van der Waals surface area contributed by atoms with Gasteiger partial charge in [-0.25, -0.2) is 0 Å². The molecule has 0 aliphatic carbocycles. The average molecular weight is 227 g/mol. The smallest absolute Gasteiger partial charge is 0.0666 e. The monoisotopic (exact) mass is 226 g/mol. The molecule has 1 aromatic rings. The topological polar surface area (TPSA) is 25.4 Å². The lowest BCUT2D eigenvalue weighted by Gasteiger charge is -2.25. The van der Waals surface area contributed by atoms with Gasteiger partial charge in [-0.3, -0.25) is 4.98 Å². The maximum Gasteiger partial charge on any atom is 0.0666 e. The van der Waals surface area contributed by atoms with Crippen LogP contribution in [0.1, 0.15) is 12.8 Å². The second-order valence-corrected chi connectivity index (χ2v) is 4.24.